The van der Waals surface area contributed by atoms with E-state index in [2.05, 4.69) is 11.1 Å². The maximum atomic E-state index is 12.9. The molecule has 0 radical (unpaired) electrons. The fourth-order valence-electron chi connectivity index (χ4n) is 4.28. The highest BCUT2D eigenvalue weighted by atomic mass is 16.5. The molecule has 0 bridgehead atoms. The molecule has 1 amide bonds. The van der Waals surface area contributed by atoms with E-state index in [1.807, 2.05) is 35.4 Å². The number of aryl methyl sites for hydroxylation is 1. The van der Waals surface area contributed by atoms with Gasteiger partial charge in [-0.05, 0) is 69.2 Å². The van der Waals surface area contributed by atoms with Crippen molar-refractivity contribution in [3.05, 3.63) is 53.1 Å². The molecule has 28 heavy (non-hydrogen) atoms. The van der Waals surface area contributed by atoms with Crippen molar-refractivity contribution in [2.45, 2.75) is 58.1 Å². The Bertz CT molecular complexity index is 881. The minimum Gasteiger partial charge on any atom is -0.458 e. The van der Waals surface area contributed by atoms with Crippen molar-refractivity contribution in [3.8, 4) is 0 Å². The van der Waals surface area contributed by atoms with E-state index in [0.29, 0.717) is 5.69 Å². The zero-order valence-electron chi connectivity index (χ0n) is 16.6. The number of fused-ring (bicyclic) bond motifs is 1. The summed E-state index contributed by atoms with van der Waals surface area (Å²) < 4.78 is 7.29. The number of imidazole rings is 1. The number of hydrogen-bond donors (Lipinski definition) is 0. The van der Waals surface area contributed by atoms with Crippen molar-refractivity contribution in [3.63, 3.8) is 0 Å². The van der Waals surface area contributed by atoms with Gasteiger partial charge in [0, 0.05) is 18.7 Å². The number of rotatable bonds is 4. The van der Waals surface area contributed by atoms with E-state index < -0.39 is 0 Å². The Hall–Kier alpha value is -2.63. The summed E-state index contributed by atoms with van der Waals surface area (Å²) in [6.45, 7) is 5.35. The van der Waals surface area contributed by atoms with Gasteiger partial charge in [-0.25, -0.2) is 9.78 Å². The lowest BCUT2D eigenvalue weighted by atomic mass is 9.86. The number of hydrogen-bond acceptors (Lipinski definition) is 4. The second kappa shape index (κ2) is 7.78. The molecule has 148 valence electrons. The van der Waals surface area contributed by atoms with Crippen LogP contribution in [0.3, 0.4) is 0 Å². The first-order chi connectivity index (χ1) is 13.5. The molecule has 2 aromatic rings. The minimum absolute atomic E-state index is 0.00714. The number of aromatic nitrogens is 2. The Morgan fingerprint density at radius 1 is 1.18 bits per heavy atom. The Balaban J connectivity index is 1.67. The molecular weight excluding hydrogens is 354 g/mol. The van der Waals surface area contributed by atoms with Crippen LogP contribution in [0.15, 0.2) is 30.7 Å². The van der Waals surface area contributed by atoms with Crippen LogP contribution in [0.2, 0.25) is 0 Å². The molecule has 0 spiro atoms. The Morgan fingerprint density at radius 3 is 2.71 bits per heavy atom. The molecule has 1 aromatic heterocycles. The van der Waals surface area contributed by atoms with Gasteiger partial charge in [0.2, 0.25) is 0 Å². The Morgan fingerprint density at radius 2 is 1.96 bits per heavy atom. The highest BCUT2D eigenvalue weighted by Gasteiger charge is 2.28. The van der Waals surface area contributed by atoms with Crippen LogP contribution < -0.4 is 0 Å². The summed E-state index contributed by atoms with van der Waals surface area (Å²) in [5, 5.41) is 0. The second-order valence-corrected chi connectivity index (χ2v) is 7.96. The first kappa shape index (κ1) is 18.7. The summed E-state index contributed by atoms with van der Waals surface area (Å²) in [4.78, 5) is 31.5. The van der Waals surface area contributed by atoms with Crippen molar-refractivity contribution >= 4 is 11.9 Å². The average Bonchev–Trinajstić information content (AvgIpc) is 3.38. The summed E-state index contributed by atoms with van der Waals surface area (Å²) in [6, 6.07) is 6.04. The highest BCUT2D eigenvalue weighted by molar-refractivity contribution is 5.94. The topological polar surface area (TPSA) is 64.4 Å². The van der Waals surface area contributed by atoms with Crippen LogP contribution in [-0.4, -0.2) is 45.5 Å². The van der Waals surface area contributed by atoms with Gasteiger partial charge in [-0.2, -0.15) is 0 Å². The van der Waals surface area contributed by atoms with E-state index in [0.717, 1.165) is 56.3 Å². The van der Waals surface area contributed by atoms with E-state index in [1.165, 1.54) is 5.56 Å². The Kier molecular flexibility index (Phi) is 5.20. The van der Waals surface area contributed by atoms with Gasteiger partial charge in [-0.1, -0.05) is 6.07 Å². The average molecular weight is 381 g/mol. The van der Waals surface area contributed by atoms with E-state index in [1.54, 1.807) is 12.5 Å². The summed E-state index contributed by atoms with van der Waals surface area (Å²) >= 11 is 0. The third kappa shape index (κ3) is 3.55. The predicted molar refractivity (Wildman–Crippen MR) is 105 cm³/mol. The van der Waals surface area contributed by atoms with Gasteiger partial charge < -0.3 is 14.2 Å². The molecule has 1 atom stereocenters. The third-order valence-electron chi connectivity index (χ3n) is 5.62. The summed E-state index contributed by atoms with van der Waals surface area (Å²) in [7, 11) is 0. The number of esters is 1. The van der Waals surface area contributed by atoms with E-state index in [-0.39, 0.29) is 24.0 Å². The van der Waals surface area contributed by atoms with Crippen molar-refractivity contribution < 1.29 is 14.3 Å². The zero-order valence-corrected chi connectivity index (χ0v) is 16.6. The number of benzene rings is 1. The molecule has 1 saturated heterocycles. The van der Waals surface area contributed by atoms with Gasteiger partial charge in [0.1, 0.15) is 5.69 Å². The van der Waals surface area contributed by atoms with Crippen LogP contribution in [0.1, 0.15) is 77.5 Å². The van der Waals surface area contributed by atoms with Gasteiger partial charge in [0.15, 0.2) is 0 Å². The number of carbonyl (C=O) groups excluding carboxylic acids is 2. The lowest BCUT2D eigenvalue weighted by Gasteiger charge is -2.28. The summed E-state index contributed by atoms with van der Waals surface area (Å²) in [6.07, 6.45) is 8.18. The molecule has 4 rings (SSSR count). The molecule has 1 aliphatic heterocycles. The molecule has 6 nitrogen and oxygen atoms in total. The van der Waals surface area contributed by atoms with Crippen LogP contribution in [0, 0.1) is 0 Å². The van der Waals surface area contributed by atoms with Crippen LogP contribution >= 0.6 is 0 Å². The van der Waals surface area contributed by atoms with Crippen molar-refractivity contribution in [1.82, 2.24) is 14.5 Å². The lowest BCUT2D eigenvalue weighted by Crippen LogP contribution is -2.28. The third-order valence-corrected chi connectivity index (χ3v) is 5.62. The van der Waals surface area contributed by atoms with Crippen LogP contribution in [0.25, 0.3) is 0 Å². The normalized spacial score (nSPS) is 19.0. The second-order valence-electron chi connectivity index (χ2n) is 7.96. The number of carbonyl (C=O) groups is 2. The molecular formula is C22H27N3O3. The van der Waals surface area contributed by atoms with Gasteiger partial charge in [-0.15, -0.1) is 0 Å². The maximum absolute atomic E-state index is 12.9. The molecule has 1 unspecified atom stereocenters. The van der Waals surface area contributed by atoms with E-state index in [4.69, 9.17) is 4.74 Å². The fraction of sp³-hybridized carbons (Fsp3) is 0.500. The monoisotopic (exact) mass is 381 g/mol. The first-order valence-corrected chi connectivity index (χ1v) is 10.2. The van der Waals surface area contributed by atoms with Gasteiger partial charge in [0.25, 0.3) is 5.91 Å². The molecule has 0 N–H and O–H groups in total. The largest absolute Gasteiger partial charge is 0.458 e. The van der Waals surface area contributed by atoms with Crippen molar-refractivity contribution in [1.29, 1.82) is 0 Å². The number of nitrogens with zero attached hydrogens (tertiary/aromatic N) is 3. The molecule has 6 heteroatoms. The Labute approximate surface area is 165 Å². The van der Waals surface area contributed by atoms with Gasteiger partial charge in [0.05, 0.1) is 24.7 Å². The quantitative estimate of drug-likeness (QED) is 0.759. The standard InChI is InChI=1S/C22H27N3O3/c1-15(2)28-22(27)20-13-23-14-25(20)19-7-5-6-16-8-9-17(12-18(16)19)21(26)24-10-3-4-11-24/h8-9,12-15,19H,3-7,10-11H2,1-2H3. The van der Waals surface area contributed by atoms with E-state index in [9.17, 15) is 9.59 Å². The van der Waals surface area contributed by atoms with Crippen LogP contribution in [0.5, 0.6) is 0 Å². The van der Waals surface area contributed by atoms with E-state index >= 15 is 0 Å². The van der Waals surface area contributed by atoms with Crippen LogP contribution in [0.4, 0.5) is 0 Å². The highest BCUT2D eigenvalue weighted by Crippen LogP contribution is 2.35. The number of likely N-dealkylation sites (tertiary alicyclic amines) is 1. The van der Waals surface area contributed by atoms with Crippen molar-refractivity contribution in [2.75, 3.05) is 13.1 Å². The smallest absolute Gasteiger partial charge is 0.356 e. The number of ether oxygens (including phenoxy) is 1. The number of amides is 1. The lowest BCUT2D eigenvalue weighted by molar-refractivity contribution is 0.0363. The van der Waals surface area contributed by atoms with Gasteiger partial charge in [-0.3, -0.25) is 4.79 Å². The summed E-state index contributed by atoms with van der Waals surface area (Å²) in [5.41, 5.74) is 3.56. The zero-order chi connectivity index (χ0) is 19.7. The minimum atomic E-state index is -0.357. The van der Waals surface area contributed by atoms with Crippen molar-refractivity contribution in [2.24, 2.45) is 0 Å². The predicted octanol–water partition coefficient (Wildman–Crippen LogP) is 3.61. The molecule has 2 heterocycles. The SMILES string of the molecule is CC(C)OC(=O)c1cncn1C1CCCc2ccc(C(=O)N3CCCC3)cc21. The van der Waals surface area contributed by atoms with Gasteiger partial charge >= 0.3 is 5.97 Å². The molecule has 1 fully saturated rings. The summed E-state index contributed by atoms with van der Waals surface area (Å²) in [5.74, 6) is -0.251. The molecule has 2 aliphatic rings. The maximum Gasteiger partial charge on any atom is 0.356 e. The molecule has 0 saturated carbocycles. The first-order valence-electron chi connectivity index (χ1n) is 10.2. The molecule has 1 aromatic carbocycles. The fourth-order valence-corrected chi connectivity index (χ4v) is 4.28. The molecule has 1 aliphatic carbocycles. The van der Waals surface area contributed by atoms with Crippen LogP contribution in [-0.2, 0) is 11.2 Å².